The Bertz CT molecular complexity index is 1330. The molecule has 0 radical (unpaired) electrons. The minimum Gasteiger partial charge on any atom is -0.483 e. The van der Waals surface area contributed by atoms with Crippen LogP contribution in [0.2, 0.25) is 5.02 Å². The topological polar surface area (TPSA) is 85.1 Å². The maximum absolute atomic E-state index is 9.57. The average molecular weight is 454 g/mol. The molecule has 1 unspecified atom stereocenters. The van der Waals surface area contributed by atoms with E-state index < -0.39 is 0 Å². The SMILES string of the molecule is Cn1nc2c(c1C1Cc3cc(Cl)cc(-c4ncnc5cc(CO)sc45)c3O1)CNCC2. The Balaban J connectivity index is 1.47. The molecule has 2 aliphatic rings. The number of benzene rings is 1. The molecule has 7 nitrogen and oxygen atoms in total. The normalized spacial score (nSPS) is 17.6. The zero-order valence-electron chi connectivity index (χ0n) is 16.9. The van der Waals surface area contributed by atoms with Crippen LogP contribution in [0.25, 0.3) is 21.5 Å². The molecule has 9 heteroatoms. The first-order chi connectivity index (χ1) is 15.1. The zero-order chi connectivity index (χ0) is 21.1. The van der Waals surface area contributed by atoms with Crippen LogP contribution in [0.5, 0.6) is 5.75 Å². The van der Waals surface area contributed by atoms with Crippen molar-refractivity contribution >= 4 is 33.2 Å². The number of hydrogen-bond acceptors (Lipinski definition) is 7. The lowest BCUT2D eigenvalue weighted by Gasteiger charge is -2.17. The smallest absolute Gasteiger partial charge is 0.145 e. The van der Waals surface area contributed by atoms with E-state index in [0.717, 1.165) is 75.0 Å². The largest absolute Gasteiger partial charge is 0.483 e. The Morgan fingerprint density at radius 2 is 2.23 bits per heavy atom. The van der Waals surface area contributed by atoms with Gasteiger partial charge in [-0.05, 0) is 18.2 Å². The van der Waals surface area contributed by atoms with Gasteiger partial charge in [0.2, 0.25) is 0 Å². The minimum atomic E-state index is -0.123. The molecule has 31 heavy (non-hydrogen) atoms. The van der Waals surface area contributed by atoms with Gasteiger partial charge in [-0.15, -0.1) is 11.3 Å². The first-order valence-electron chi connectivity index (χ1n) is 10.2. The molecule has 0 amide bonds. The second-order valence-electron chi connectivity index (χ2n) is 7.92. The molecule has 5 heterocycles. The van der Waals surface area contributed by atoms with Gasteiger partial charge in [-0.3, -0.25) is 4.68 Å². The van der Waals surface area contributed by atoms with E-state index in [1.165, 1.54) is 16.9 Å². The Kier molecular flexibility index (Phi) is 4.50. The summed E-state index contributed by atoms with van der Waals surface area (Å²) in [4.78, 5) is 9.78. The molecule has 1 aromatic carbocycles. The van der Waals surface area contributed by atoms with Crippen molar-refractivity contribution in [1.29, 1.82) is 0 Å². The van der Waals surface area contributed by atoms with Crippen LogP contribution in [0, 0.1) is 0 Å². The number of hydrogen-bond donors (Lipinski definition) is 2. The number of halogens is 1. The van der Waals surface area contributed by atoms with Crippen molar-refractivity contribution in [1.82, 2.24) is 25.1 Å². The molecule has 6 rings (SSSR count). The van der Waals surface area contributed by atoms with Gasteiger partial charge >= 0.3 is 0 Å². The lowest BCUT2D eigenvalue weighted by atomic mass is 9.99. The molecule has 2 N–H and O–H groups in total. The lowest BCUT2D eigenvalue weighted by molar-refractivity contribution is 0.226. The van der Waals surface area contributed by atoms with Crippen LogP contribution in [-0.4, -0.2) is 31.4 Å². The van der Waals surface area contributed by atoms with Crippen LogP contribution in [0.4, 0.5) is 0 Å². The van der Waals surface area contributed by atoms with Gasteiger partial charge in [0.05, 0.1) is 33.9 Å². The van der Waals surface area contributed by atoms with Gasteiger partial charge in [-0.25, -0.2) is 9.97 Å². The van der Waals surface area contributed by atoms with E-state index >= 15 is 0 Å². The summed E-state index contributed by atoms with van der Waals surface area (Å²) in [5.41, 5.74) is 7.04. The van der Waals surface area contributed by atoms with Crippen LogP contribution >= 0.6 is 22.9 Å². The fourth-order valence-electron chi connectivity index (χ4n) is 4.68. The summed E-state index contributed by atoms with van der Waals surface area (Å²) in [6.07, 6.45) is 3.09. The Hall–Kier alpha value is -2.52. The maximum Gasteiger partial charge on any atom is 0.145 e. The molecular weight excluding hydrogens is 434 g/mol. The van der Waals surface area contributed by atoms with Crippen molar-refractivity contribution in [3.8, 4) is 17.0 Å². The lowest BCUT2D eigenvalue weighted by Crippen LogP contribution is -2.24. The molecule has 158 valence electrons. The van der Waals surface area contributed by atoms with Gasteiger partial charge in [0.1, 0.15) is 18.2 Å². The molecule has 0 saturated carbocycles. The highest BCUT2D eigenvalue weighted by Gasteiger charge is 2.34. The molecule has 2 aliphatic heterocycles. The summed E-state index contributed by atoms with van der Waals surface area (Å²) in [5, 5.41) is 18.4. The standard InChI is InChI=1S/C22H20ClN5O2S/c1-28-20(15-8-24-3-2-16(15)27-28)18-5-11-4-12(23)6-14(21(11)30-18)19-22-17(25-10-26-19)7-13(9-29)31-22/h4,6-7,10,18,24,29H,2-3,5,8-9H2,1H3. The summed E-state index contributed by atoms with van der Waals surface area (Å²) >= 11 is 8.01. The zero-order valence-corrected chi connectivity index (χ0v) is 18.4. The predicted molar refractivity (Wildman–Crippen MR) is 119 cm³/mol. The predicted octanol–water partition coefficient (Wildman–Crippen LogP) is 3.56. The number of thiophene rings is 1. The number of fused-ring (bicyclic) bond motifs is 3. The van der Waals surface area contributed by atoms with E-state index in [1.54, 1.807) is 6.33 Å². The van der Waals surface area contributed by atoms with Gasteiger partial charge in [-0.1, -0.05) is 11.6 Å². The number of aromatic nitrogens is 4. The van der Waals surface area contributed by atoms with Crippen molar-refractivity contribution in [2.24, 2.45) is 7.05 Å². The maximum atomic E-state index is 9.57. The first-order valence-corrected chi connectivity index (χ1v) is 11.4. The van der Waals surface area contributed by atoms with Crippen molar-refractivity contribution in [2.75, 3.05) is 6.54 Å². The van der Waals surface area contributed by atoms with Crippen molar-refractivity contribution in [3.05, 3.63) is 56.9 Å². The summed E-state index contributed by atoms with van der Waals surface area (Å²) in [6.45, 7) is 1.75. The van der Waals surface area contributed by atoms with Crippen LogP contribution in [0.1, 0.15) is 33.5 Å². The summed E-state index contributed by atoms with van der Waals surface area (Å²) in [6, 6.07) is 5.78. The van der Waals surface area contributed by atoms with E-state index in [-0.39, 0.29) is 12.7 Å². The fraction of sp³-hybridized carbons (Fsp3) is 0.318. The number of aliphatic hydroxyl groups excluding tert-OH is 1. The molecule has 3 aromatic heterocycles. The fourth-order valence-corrected chi connectivity index (χ4v) is 5.89. The van der Waals surface area contributed by atoms with Crippen molar-refractivity contribution in [3.63, 3.8) is 0 Å². The first kappa shape index (κ1) is 19.2. The van der Waals surface area contributed by atoms with Gasteiger partial charge in [0, 0.05) is 59.6 Å². The van der Waals surface area contributed by atoms with E-state index in [0.29, 0.717) is 5.02 Å². The molecule has 1 atom stereocenters. The number of nitrogens with zero attached hydrogens (tertiary/aromatic N) is 4. The number of nitrogens with one attached hydrogen (secondary N) is 1. The quantitative estimate of drug-likeness (QED) is 0.493. The number of aryl methyl sites for hydroxylation is 1. The summed E-state index contributed by atoms with van der Waals surface area (Å²) in [7, 11) is 1.99. The van der Waals surface area contributed by atoms with E-state index in [9.17, 15) is 5.11 Å². The van der Waals surface area contributed by atoms with Gasteiger partial charge in [0.15, 0.2) is 0 Å². The van der Waals surface area contributed by atoms with E-state index in [2.05, 4.69) is 15.3 Å². The summed E-state index contributed by atoms with van der Waals surface area (Å²) in [5.74, 6) is 0.812. The van der Waals surface area contributed by atoms with Gasteiger partial charge in [-0.2, -0.15) is 5.10 Å². The highest BCUT2D eigenvalue weighted by Crippen LogP contribution is 2.47. The van der Waals surface area contributed by atoms with Crippen molar-refractivity contribution in [2.45, 2.75) is 32.1 Å². The molecular formula is C22H20ClN5O2S. The second kappa shape index (κ2) is 7.27. The van der Waals surface area contributed by atoms with E-state index in [4.69, 9.17) is 21.4 Å². The third kappa shape index (κ3) is 3.05. The second-order valence-corrected chi connectivity index (χ2v) is 9.49. The molecule has 0 spiro atoms. The molecule has 0 fully saturated rings. The van der Waals surface area contributed by atoms with Crippen LogP contribution in [0.3, 0.4) is 0 Å². The van der Waals surface area contributed by atoms with Crippen molar-refractivity contribution < 1.29 is 9.84 Å². The Morgan fingerprint density at radius 3 is 3.10 bits per heavy atom. The Labute approximate surface area is 187 Å². The number of ether oxygens (including phenoxy) is 1. The highest BCUT2D eigenvalue weighted by molar-refractivity contribution is 7.19. The van der Waals surface area contributed by atoms with Gasteiger partial charge in [0.25, 0.3) is 0 Å². The average Bonchev–Trinajstić information content (AvgIpc) is 3.45. The monoisotopic (exact) mass is 453 g/mol. The Morgan fingerprint density at radius 1 is 1.32 bits per heavy atom. The van der Waals surface area contributed by atoms with E-state index in [1.807, 2.05) is 29.9 Å². The van der Waals surface area contributed by atoms with Gasteiger partial charge < -0.3 is 15.2 Å². The molecule has 0 aliphatic carbocycles. The third-order valence-electron chi connectivity index (χ3n) is 5.99. The van der Waals surface area contributed by atoms with Crippen LogP contribution in [0.15, 0.2) is 24.5 Å². The number of aliphatic hydroxyl groups is 1. The molecule has 0 bridgehead atoms. The molecule has 4 aromatic rings. The summed E-state index contributed by atoms with van der Waals surface area (Å²) < 4.78 is 9.45. The van der Waals surface area contributed by atoms with Crippen LogP contribution < -0.4 is 10.1 Å². The van der Waals surface area contributed by atoms with Crippen LogP contribution in [-0.2, 0) is 33.0 Å². The minimum absolute atomic E-state index is 0.0215. The molecule has 0 saturated heterocycles. The highest BCUT2D eigenvalue weighted by atomic mass is 35.5. The third-order valence-corrected chi connectivity index (χ3v) is 7.33. The number of rotatable bonds is 3.